The summed E-state index contributed by atoms with van der Waals surface area (Å²) in [4.78, 5) is 19.1. The first-order valence-corrected chi connectivity index (χ1v) is 7.59. The molecule has 1 atom stereocenters. The van der Waals surface area contributed by atoms with E-state index in [1.165, 1.54) is 0 Å². The van der Waals surface area contributed by atoms with Crippen molar-refractivity contribution in [1.29, 1.82) is 0 Å². The van der Waals surface area contributed by atoms with Crippen LogP contribution in [0.2, 0.25) is 0 Å². The Balaban J connectivity index is 1.76. The van der Waals surface area contributed by atoms with Gasteiger partial charge in [0.2, 0.25) is 0 Å². The van der Waals surface area contributed by atoms with Gasteiger partial charge in [0.25, 0.3) is 5.91 Å². The second-order valence-corrected chi connectivity index (χ2v) is 5.50. The molecule has 2 aromatic heterocycles. The van der Waals surface area contributed by atoms with Crippen LogP contribution >= 0.6 is 0 Å². The van der Waals surface area contributed by atoms with Gasteiger partial charge in [-0.1, -0.05) is 12.1 Å². The van der Waals surface area contributed by atoms with E-state index in [2.05, 4.69) is 20.4 Å². The number of rotatable bonds is 5. The maximum atomic E-state index is 12.2. The number of nitrogens with zero attached hydrogens (tertiary/aromatic N) is 3. The molecule has 0 aliphatic heterocycles. The lowest BCUT2D eigenvalue weighted by atomic mass is 10.2. The fourth-order valence-electron chi connectivity index (χ4n) is 2.39. The van der Waals surface area contributed by atoms with Crippen molar-refractivity contribution in [2.45, 2.75) is 19.9 Å². The number of carbonyl (C=O) groups excluding carboxylic acids is 1. The van der Waals surface area contributed by atoms with E-state index in [0.29, 0.717) is 5.82 Å². The van der Waals surface area contributed by atoms with E-state index in [-0.39, 0.29) is 11.9 Å². The van der Waals surface area contributed by atoms with E-state index < -0.39 is 0 Å². The third kappa shape index (κ3) is 3.15. The number of amides is 1. The first-order valence-electron chi connectivity index (χ1n) is 7.59. The molecule has 0 spiro atoms. The van der Waals surface area contributed by atoms with Crippen molar-refractivity contribution < 1.29 is 9.53 Å². The second-order valence-electron chi connectivity index (χ2n) is 5.50. The number of imidazole rings is 1. The van der Waals surface area contributed by atoms with Gasteiger partial charge in [0.1, 0.15) is 11.4 Å². The Morgan fingerprint density at radius 1 is 1.33 bits per heavy atom. The average molecular weight is 325 g/mol. The zero-order chi connectivity index (χ0) is 17.1. The third-order valence-electron chi connectivity index (χ3n) is 3.70. The van der Waals surface area contributed by atoms with Gasteiger partial charge in [-0.05, 0) is 26.0 Å². The van der Waals surface area contributed by atoms with Crippen molar-refractivity contribution >= 4 is 5.91 Å². The molecule has 0 bridgehead atoms. The molecule has 0 radical (unpaired) electrons. The zero-order valence-electron chi connectivity index (χ0n) is 13.8. The molecule has 124 valence electrons. The van der Waals surface area contributed by atoms with Gasteiger partial charge >= 0.3 is 0 Å². The lowest BCUT2D eigenvalue weighted by Gasteiger charge is -2.11. The van der Waals surface area contributed by atoms with Crippen LogP contribution in [-0.4, -0.2) is 32.8 Å². The van der Waals surface area contributed by atoms with Crippen LogP contribution in [0.4, 0.5) is 0 Å². The highest BCUT2D eigenvalue weighted by molar-refractivity contribution is 5.90. The maximum absolute atomic E-state index is 12.2. The highest BCUT2D eigenvalue weighted by atomic mass is 16.5. The molecule has 7 heteroatoms. The monoisotopic (exact) mass is 325 g/mol. The minimum atomic E-state index is -0.249. The molecular formula is C17H19N5O2. The molecule has 0 saturated carbocycles. The smallest absolute Gasteiger partial charge is 0.287 e. The number of aryl methyl sites for hydroxylation is 1. The van der Waals surface area contributed by atoms with E-state index in [1.807, 2.05) is 44.3 Å². The largest absolute Gasteiger partial charge is 0.494 e. The molecule has 2 heterocycles. The number of ether oxygens (including phenoxy) is 1. The van der Waals surface area contributed by atoms with Crippen molar-refractivity contribution in [3.8, 4) is 11.4 Å². The van der Waals surface area contributed by atoms with Crippen LogP contribution in [0.15, 0.2) is 42.9 Å². The van der Waals surface area contributed by atoms with Crippen LogP contribution in [0.5, 0.6) is 5.75 Å². The molecule has 24 heavy (non-hydrogen) atoms. The van der Waals surface area contributed by atoms with E-state index in [4.69, 9.17) is 4.74 Å². The number of hydrogen-bond donors (Lipinski definition) is 2. The summed E-state index contributed by atoms with van der Waals surface area (Å²) in [6.45, 7) is 3.75. The number of aromatic nitrogens is 4. The van der Waals surface area contributed by atoms with E-state index in [0.717, 1.165) is 22.7 Å². The van der Waals surface area contributed by atoms with Crippen LogP contribution in [0.1, 0.15) is 34.8 Å². The molecule has 0 saturated heterocycles. The summed E-state index contributed by atoms with van der Waals surface area (Å²) in [5.41, 5.74) is 2.57. The van der Waals surface area contributed by atoms with Gasteiger partial charge in [-0.15, -0.1) is 0 Å². The Bertz CT molecular complexity index is 852. The first-order chi connectivity index (χ1) is 11.6. The highest BCUT2D eigenvalue weighted by Crippen LogP contribution is 2.23. The minimum absolute atomic E-state index is 0.202. The summed E-state index contributed by atoms with van der Waals surface area (Å²) in [6, 6.07) is 7.42. The second kappa shape index (κ2) is 6.57. The summed E-state index contributed by atoms with van der Waals surface area (Å²) in [5, 5.41) is 7.26. The number of aromatic amines is 1. The summed E-state index contributed by atoms with van der Waals surface area (Å²) in [5.74, 6) is 0.784. The van der Waals surface area contributed by atoms with Gasteiger partial charge in [0, 0.05) is 23.7 Å². The standard InChI is InChI=1S/C17H19N5O2/c1-11-8-18-16(20-11)17(23)21-12(2)13-9-19-22(10-13)14-6-4-5-7-15(14)24-3/h4-10,12H,1-3H3,(H,18,20)(H,21,23)/t12-/m1/s1. The van der Waals surface area contributed by atoms with Crippen molar-refractivity contribution in [2.24, 2.45) is 0 Å². The minimum Gasteiger partial charge on any atom is -0.494 e. The fourth-order valence-corrected chi connectivity index (χ4v) is 2.39. The lowest BCUT2D eigenvalue weighted by Crippen LogP contribution is -2.27. The summed E-state index contributed by atoms with van der Waals surface area (Å²) in [6.07, 6.45) is 5.22. The van der Waals surface area contributed by atoms with Crippen molar-refractivity contribution in [2.75, 3.05) is 7.11 Å². The van der Waals surface area contributed by atoms with E-state index in [9.17, 15) is 4.79 Å². The number of H-pyrrole nitrogens is 1. The van der Waals surface area contributed by atoms with Crippen LogP contribution in [0.3, 0.4) is 0 Å². The number of benzene rings is 1. The van der Waals surface area contributed by atoms with Crippen molar-refractivity contribution in [3.63, 3.8) is 0 Å². The lowest BCUT2D eigenvalue weighted by molar-refractivity contribution is 0.0930. The van der Waals surface area contributed by atoms with Crippen LogP contribution in [0, 0.1) is 6.92 Å². The highest BCUT2D eigenvalue weighted by Gasteiger charge is 2.16. The molecule has 7 nitrogen and oxygen atoms in total. The quantitative estimate of drug-likeness (QED) is 0.754. The van der Waals surface area contributed by atoms with Gasteiger partial charge < -0.3 is 15.0 Å². The Labute approximate surface area is 139 Å². The number of carbonyl (C=O) groups is 1. The molecule has 0 aliphatic carbocycles. The molecular weight excluding hydrogens is 306 g/mol. The molecule has 3 aromatic rings. The Kier molecular flexibility index (Phi) is 4.33. The molecule has 3 rings (SSSR count). The van der Waals surface area contributed by atoms with Crippen LogP contribution in [-0.2, 0) is 0 Å². The SMILES string of the molecule is COc1ccccc1-n1cc([C@@H](C)NC(=O)c2ncc(C)[nH]2)cn1. The van der Waals surface area contributed by atoms with E-state index >= 15 is 0 Å². The van der Waals surface area contributed by atoms with Gasteiger partial charge in [0.05, 0.1) is 19.3 Å². The fraction of sp³-hybridized carbons (Fsp3) is 0.235. The van der Waals surface area contributed by atoms with Crippen LogP contribution in [0.25, 0.3) is 5.69 Å². The van der Waals surface area contributed by atoms with Gasteiger partial charge in [-0.3, -0.25) is 4.79 Å². The number of hydrogen-bond acceptors (Lipinski definition) is 4. The van der Waals surface area contributed by atoms with Crippen molar-refractivity contribution in [3.05, 3.63) is 59.9 Å². The van der Waals surface area contributed by atoms with Gasteiger partial charge in [-0.2, -0.15) is 5.10 Å². The molecule has 1 amide bonds. The predicted molar refractivity (Wildman–Crippen MR) is 89.3 cm³/mol. The van der Waals surface area contributed by atoms with Gasteiger partial charge in [-0.25, -0.2) is 9.67 Å². The van der Waals surface area contributed by atoms with Crippen LogP contribution < -0.4 is 10.1 Å². The Morgan fingerprint density at radius 2 is 2.12 bits per heavy atom. The van der Waals surface area contributed by atoms with E-state index in [1.54, 1.807) is 24.2 Å². The van der Waals surface area contributed by atoms with Gasteiger partial charge in [0.15, 0.2) is 5.82 Å². The Morgan fingerprint density at radius 3 is 2.83 bits per heavy atom. The molecule has 2 N–H and O–H groups in total. The summed E-state index contributed by atoms with van der Waals surface area (Å²) >= 11 is 0. The zero-order valence-corrected chi connectivity index (χ0v) is 13.8. The normalized spacial score (nSPS) is 12.0. The number of para-hydroxylation sites is 2. The average Bonchev–Trinajstić information content (AvgIpc) is 3.24. The summed E-state index contributed by atoms with van der Waals surface area (Å²) in [7, 11) is 1.62. The number of methoxy groups -OCH3 is 1. The topological polar surface area (TPSA) is 84.8 Å². The first kappa shape index (κ1) is 15.8. The molecule has 0 unspecified atom stereocenters. The maximum Gasteiger partial charge on any atom is 0.287 e. The van der Waals surface area contributed by atoms with Crippen molar-refractivity contribution in [1.82, 2.24) is 25.1 Å². The molecule has 0 aliphatic rings. The summed E-state index contributed by atoms with van der Waals surface area (Å²) < 4.78 is 7.08. The predicted octanol–water partition coefficient (Wildman–Crippen LogP) is 2.40. The molecule has 0 fully saturated rings. The number of nitrogens with one attached hydrogen (secondary N) is 2. The third-order valence-corrected chi connectivity index (χ3v) is 3.70. The molecule has 1 aromatic carbocycles. The Hall–Kier alpha value is -3.09.